The number of hydrogen-bond donors (Lipinski definition) is 0. The first-order chi connectivity index (χ1) is 7.91. The number of rotatable bonds is 2. The molecule has 0 atom stereocenters. The third kappa shape index (κ3) is 2.65. The van der Waals surface area contributed by atoms with Crippen LogP contribution in [-0.2, 0) is 9.84 Å². The Labute approximate surface area is 107 Å². The molecule has 1 aliphatic rings. The van der Waals surface area contributed by atoms with Crippen LogP contribution >= 0.6 is 11.6 Å². The van der Waals surface area contributed by atoms with Gasteiger partial charge in [-0.15, -0.1) is 0 Å². The summed E-state index contributed by atoms with van der Waals surface area (Å²) in [6.07, 6.45) is 2.96. The van der Waals surface area contributed by atoms with E-state index in [-0.39, 0.29) is 23.5 Å². The van der Waals surface area contributed by atoms with Crippen molar-refractivity contribution in [2.24, 2.45) is 0 Å². The van der Waals surface area contributed by atoms with Crippen LogP contribution in [0.3, 0.4) is 0 Å². The van der Waals surface area contributed by atoms with E-state index in [2.05, 4.69) is 18.8 Å². The number of hydrogen-bond acceptors (Lipinski definition) is 3. The SMILES string of the molecule is CC(C)n1c(Cl)cnc1C1CCS(=O)(=O)CC1. The van der Waals surface area contributed by atoms with E-state index in [1.807, 2.05) is 4.57 Å². The topological polar surface area (TPSA) is 52.0 Å². The Morgan fingerprint density at radius 3 is 2.53 bits per heavy atom. The van der Waals surface area contributed by atoms with Crippen molar-refractivity contribution in [3.05, 3.63) is 17.2 Å². The van der Waals surface area contributed by atoms with Crippen molar-refractivity contribution in [2.45, 2.75) is 38.6 Å². The second-order valence-corrected chi connectivity index (χ2v) is 7.52. The highest BCUT2D eigenvalue weighted by molar-refractivity contribution is 7.91. The van der Waals surface area contributed by atoms with E-state index in [0.29, 0.717) is 18.0 Å². The van der Waals surface area contributed by atoms with Crippen LogP contribution in [0.25, 0.3) is 0 Å². The molecule has 0 radical (unpaired) electrons. The summed E-state index contributed by atoms with van der Waals surface area (Å²) >= 11 is 6.10. The van der Waals surface area contributed by atoms with Crippen molar-refractivity contribution in [2.75, 3.05) is 11.5 Å². The summed E-state index contributed by atoms with van der Waals surface area (Å²) in [7, 11) is -2.82. The predicted molar refractivity (Wildman–Crippen MR) is 68.3 cm³/mol. The lowest BCUT2D eigenvalue weighted by atomic mass is 10.0. The zero-order valence-corrected chi connectivity index (χ0v) is 11.6. The smallest absolute Gasteiger partial charge is 0.150 e. The van der Waals surface area contributed by atoms with Gasteiger partial charge >= 0.3 is 0 Å². The summed E-state index contributed by atoms with van der Waals surface area (Å²) < 4.78 is 24.8. The third-order valence-corrected chi connectivity index (χ3v) is 5.21. The first kappa shape index (κ1) is 12.9. The molecule has 2 heterocycles. The van der Waals surface area contributed by atoms with E-state index in [1.165, 1.54) is 0 Å². The first-order valence-corrected chi connectivity index (χ1v) is 8.03. The highest BCUT2D eigenvalue weighted by Crippen LogP contribution is 2.31. The maximum atomic E-state index is 11.4. The molecule has 0 bridgehead atoms. The fourth-order valence-electron chi connectivity index (χ4n) is 2.31. The van der Waals surface area contributed by atoms with Gasteiger partial charge in [-0.25, -0.2) is 13.4 Å². The van der Waals surface area contributed by atoms with E-state index in [4.69, 9.17) is 11.6 Å². The van der Waals surface area contributed by atoms with Gasteiger partial charge in [0, 0.05) is 12.0 Å². The number of sulfone groups is 1. The van der Waals surface area contributed by atoms with Crippen molar-refractivity contribution in [1.82, 2.24) is 9.55 Å². The predicted octanol–water partition coefficient (Wildman–Crippen LogP) is 2.41. The van der Waals surface area contributed by atoms with Crippen LogP contribution in [0.4, 0.5) is 0 Å². The fourth-order valence-corrected chi connectivity index (χ4v) is 4.14. The molecule has 0 amide bonds. The molecule has 2 rings (SSSR count). The Hall–Kier alpha value is -0.550. The minimum atomic E-state index is -2.82. The van der Waals surface area contributed by atoms with Crippen molar-refractivity contribution in [3.63, 3.8) is 0 Å². The maximum Gasteiger partial charge on any atom is 0.150 e. The normalized spacial score (nSPS) is 20.9. The molecule has 0 aliphatic carbocycles. The molecular formula is C11H17ClN2O2S. The van der Waals surface area contributed by atoms with Crippen LogP contribution in [0.1, 0.15) is 44.5 Å². The molecule has 0 unspecified atom stereocenters. The molecule has 1 fully saturated rings. The molecule has 0 spiro atoms. The Balaban J connectivity index is 2.24. The summed E-state index contributed by atoms with van der Waals surface area (Å²) in [6.45, 7) is 4.10. The highest BCUT2D eigenvalue weighted by atomic mass is 35.5. The van der Waals surface area contributed by atoms with Gasteiger partial charge in [0.05, 0.1) is 17.7 Å². The number of halogens is 1. The minimum absolute atomic E-state index is 0.216. The quantitative estimate of drug-likeness (QED) is 0.833. The summed E-state index contributed by atoms with van der Waals surface area (Å²) in [6, 6.07) is 0.249. The molecule has 0 aromatic carbocycles. The largest absolute Gasteiger partial charge is 0.316 e. The van der Waals surface area contributed by atoms with E-state index in [1.54, 1.807) is 6.20 Å². The molecular weight excluding hydrogens is 260 g/mol. The average molecular weight is 277 g/mol. The molecule has 1 aliphatic heterocycles. The number of nitrogens with zero attached hydrogens (tertiary/aromatic N) is 2. The Bertz CT molecular complexity index is 494. The van der Waals surface area contributed by atoms with Gasteiger partial charge in [0.2, 0.25) is 0 Å². The zero-order chi connectivity index (χ0) is 12.6. The van der Waals surface area contributed by atoms with Crippen LogP contribution < -0.4 is 0 Å². The fraction of sp³-hybridized carbons (Fsp3) is 0.727. The second-order valence-electron chi connectivity index (χ2n) is 4.83. The van der Waals surface area contributed by atoms with Crippen LogP contribution in [-0.4, -0.2) is 29.5 Å². The summed E-state index contributed by atoms with van der Waals surface area (Å²) in [5.74, 6) is 1.67. The third-order valence-electron chi connectivity index (χ3n) is 3.22. The molecule has 4 nitrogen and oxygen atoms in total. The van der Waals surface area contributed by atoms with Gasteiger partial charge in [0.1, 0.15) is 20.8 Å². The standard InChI is InChI=1S/C11H17ClN2O2S/c1-8(2)14-10(12)7-13-11(14)9-3-5-17(15,16)6-4-9/h7-9H,3-6H2,1-2H3. The van der Waals surface area contributed by atoms with Gasteiger partial charge in [0.15, 0.2) is 0 Å². The minimum Gasteiger partial charge on any atom is -0.316 e. The van der Waals surface area contributed by atoms with Crippen molar-refractivity contribution in [1.29, 1.82) is 0 Å². The van der Waals surface area contributed by atoms with Crippen LogP contribution in [0.2, 0.25) is 5.15 Å². The molecule has 0 saturated carbocycles. The average Bonchev–Trinajstić information content (AvgIpc) is 2.60. The van der Waals surface area contributed by atoms with Crippen LogP contribution in [0, 0.1) is 0 Å². The molecule has 6 heteroatoms. The first-order valence-electron chi connectivity index (χ1n) is 5.84. The summed E-state index contributed by atoms with van der Waals surface area (Å²) in [4.78, 5) is 4.34. The molecule has 17 heavy (non-hydrogen) atoms. The lowest BCUT2D eigenvalue weighted by Gasteiger charge is -2.24. The molecule has 96 valence electrons. The van der Waals surface area contributed by atoms with Gasteiger partial charge in [-0.2, -0.15) is 0 Å². The highest BCUT2D eigenvalue weighted by Gasteiger charge is 2.28. The molecule has 1 saturated heterocycles. The summed E-state index contributed by atoms with van der Waals surface area (Å²) in [5.41, 5.74) is 0. The van der Waals surface area contributed by atoms with Gasteiger partial charge in [0.25, 0.3) is 0 Å². The zero-order valence-electron chi connectivity index (χ0n) is 10.1. The molecule has 0 N–H and O–H groups in total. The lowest BCUT2D eigenvalue weighted by molar-refractivity contribution is 0.491. The number of aromatic nitrogens is 2. The van der Waals surface area contributed by atoms with Crippen LogP contribution in [0.15, 0.2) is 6.20 Å². The van der Waals surface area contributed by atoms with Crippen molar-refractivity contribution in [3.8, 4) is 0 Å². The molecule has 1 aromatic heterocycles. The van der Waals surface area contributed by atoms with E-state index >= 15 is 0 Å². The van der Waals surface area contributed by atoms with Gasteiger partial charge < -0.3 is 4.57 Å². The van der Waals surface area contributed by atoms with Gasteiger partial charge in [-0.3, -0.25) is 0 Å². The van der Waals surface area contributed by atoms with Crippen molar-refractivity contribution >= 4 is 21.4 Å². The lowest BCUT2D eigenvalue weighted by Crippen LogP contribution is -2.24. The summed E-state index contributed by atoms with van der Waals surface area (Å²) in [5, 5.41) is 0.628. The van der Waals surface area contributed by atoms with Crippen molar-refractivity contribution < 1.29 is 8.42 Å². The maximum absolute atomic E-state index is 11.4. The van der Waals surface area contributed by atoms with Gasteiger partial charge in [-0.05, 0) is 26.7 Å². The Morgan fingerprint density at radius 2 is 2.00 bits per heavy atom. The second kappa shape index (κ2) is 4.61. The van der Waals surface area contributed by atoms with E-state index < -0.39 is 9.84 Å². The Kier molecular flexibility index (Phi) is 3.50. The van der Waals surface area contributed by atoms with Crippen LogP contribution in [0.5, 0.6) is 0 Å². The van der Waals surface area contributed by atoms with Gasteiger partial charge in [-0.1, -0.05) is 11.6 Å². The monoisotopic (exact) mass is 276 g/mol. The Morgan fingerprint density at radius 1 is 1.41 bits per heavy atom. The number of imidazole rings is 1. The van der Waals surface area contributed by atoms with E-state index in [0.717, 1.165) is 5.82 Å². The van der Waals surface area contributed by atoms with E-state index in [9.17, 15) is 8.42 Å². The molecule has 1 aromatic rings.